The number of ether oxygens (including phenoxy) is 1. The minimum absolute atomic E-state index is 0.154. The molecule has 4 nitrogen and oxygen atoms in total. The van der Waals surface area contributed by atoms with Gasteiger partial charge in [-0.1, -0.05) is 13.8 Å². The molecule has 0 aliphatic heterocycles. The maximum atomic E-state index is 6.07. The average molecular weight is 272 g/mol. The van der Waals surface area contributed by atoms with Gasteiger partial charge in [-0.3, -0.25) is 0 Å². The van der Waals surface area contributed by atoms with Crippen LogP contribution in [0, 0.1) is 6.92 Å². The van der Waals surface area contributed by atoms with E-state index < -0.39 is 0 Å². The first-order chi connectivity index (χ1) is 8.59. The Morgan fingerprint density at radius 3 is 2.44 bits per heavy atom. The fraction of sp³-hybridized carbons (Fsp3) is 0.692. The van der Waals surface area contributed by atoms with Gasteiger partial charge in [0.2, 0.25) is 11.8 Å². The van der Waals surface area contributed by atoms with Crippen molar-refractivity contribution in [1.82, 2.24) is 9.97 Å². The lowest BCUT2D eigenvalue weighted by Gasteiger charge is -2.30. The van der Waals surface area contributed by atoms with Gasteiger partial charge in [0.25, 0.3) is 0 Å². The molecular weight excluding hydrogens is 250 g/mol. The summed E-state index contributed by atoms with van der Waals surface area (Å²) >= 11 is 6.07. The lowest BCUT2D eigenvalue weighted by Crippen LogP contribution is -2.39. The van der Waals surface area contributed by atoms with Crippen LogP contribution < -0.4 is 10.1 Å². The van der Waals surface area contributed by atoms with Crippen molar-refractivity contribution >= 4 is 17.5 Å². The summed E-state index contributed by atoms with van der Waals surface area (Å²) in [4.78, 5) is 8.73. The molecule has 0 fully saturated rings. The van der Waals surface area contributed by atoms with Crippen molar-refractivity contribution in [3.05, 3.63) is 11.8 Å². The Labute approximate surface area is 114 Å². The third-order valence-electron chi connectivity index (χ3n) is 3.11. The molecule has 1 aromatic rings. The number of aryl methyl sites for hydroxylation is 1. The van der Waals surface area contributed by atoms with E-state index in [1.807, 2.05) is 19.9 Å². The lowest BCUT2D eigenvalue weighted by atomic mass is 9.95. The molecule has 0 spiro atoms. The number of hydrogen-bond acceptors (Lipinski definition) is 4. The zero-order chi connectivity index (χ0) is 13.6. The van der Waals surface area contributed by atoms with Crippen molar-refractivity contribution in [3.63, 3.8) is 0 Å². The average Bonchev–Trinajstić information content (AvgIpc) is 2.36. The van der Waals surface area contributed by atoms with Crippen LogP contribution in [0.2, 0.25) is 0 Å². The van der Waals surface area contributed by atoms with Gasteiger partial charge in [-0.25, -0.2) is 4.98 Å². The van der Waals surface area contributed by atoms with Crippen molar-refractivity contribution in [2.24, 2.45) is 0 Å². The highest BCUT2D eigenvalue weighted by atomic mass is 35.5. The zero-order valence-corrected chi connectivity index (χ0v) is 12.3. The molecule has 0 atom stereocenters. The standard InChI is InChI=1S/C13H22ClN3O/c1-5-13(6-2,9-14)17-12-15-10(4)8-11(16-12)18-7-3/h8H,5-7,9H2,1-4H3,(H,15,16,17). The van der Waals surface area contributed by atoms with Crippen LogP contribution in [0.4, 0.5) is 5.95 Å². The molecule has 0 amide bonds. The molecule has 0 unspecified atom stereocenters. The summed E-state index contributed by atoms with van der Waals surface area (Å²) in [6.07, 6.45) is 1.85. The molecule has 0 bridgehead atoms. The van der Waals surface area contributed by atoms with Crippen LogP contribution in [0.5, 0.6) is 5.88 Å². The predicted octanol–water partition coefficient (Wildman–Crippen LogP) is 3.39. The van der Waals surface area contributed by atoms with Crippen LogP contribution in [0.25, 0.3) is 0 Å². The Balaban J connectivity index is 2.95. The molecule has 1 heterocycles. The third-order valence-corrected chi connectivity index (χ3v) is 3.62. The van der Waals surface area contributed by atoms with Gasteiger partial charge >= 0.3 is 0 Å². The summed E-state index contributed by atoms with van der Waals surface area (Å²) in [5.41, 5.74) is 0.727. The highest BCUT2D eigenvalue weighted by Gasteiger charge is 2.26. The second-order valence-corrected chi connectivity index (χ2v) is 4.62. The molecule has 5 heteroatoms. The maximum absolute atomic E-state index is 6.07. The summed E-state index contributed by atoms with van der Waals surface area (Å²) < 4.78 is 5.42. The van der Waals surface area contributed by atoms with Crippen molar-refractivity contribution in [1.29, 1.82) is 0 Å². The number of anilines is 1. The molecular formula is C13H22ClN3O. The fourth-order valence-corrected chi connectivity index (χ4v) is 2.15. The minimum atomic E-state index is -0.154. The molecule has 102 valence electrons. The molecule has 1 rings (SSSR count). The smallest absolute Gasteiger partial charge is 0.226 e. The van der Waals surface area contributed by atoms with Gasteiger partial charge in [-0.15, -0.1) is 11.6 Å². The molecule has 1 N–H and O–H groups in total. The van der Waals surface area contributed by atoms with E-state index in [0.29, 0.717) is 24.3 Å². The summed E-state index contributed by atoms with van der Waals surface area (Å²) in [7, 11) is 0. The molecule has 1 aromatic heterocycles. The minimum Gasteiger partial charge on any atom is -0.478 e. The van der Waals surface area contributed by atoms with Crippen molar-refractivity contribution < 1.29 is 4.74 Å². The van der Waals surface area contributed by atoms with Crippen LogP contribution >= 0.6 is 11.6 Å². The van der Waals surface area contributed by atoms with Crippen LogP contribution in [-0.4, -0.2) is 28.0 Å². The highest BCUT2D eigenvalue weighted by Crippen LogP contribution is 2.23. The van der Waals surface area contributed by atoms with Crippen molar-refractivity contribution in [2.75, 3.05) is 17.8 Å². The summed E-state index contributed by atoms with van der Waals surface area (Å²) in [5, 5.41) is 3.35. The Morgan fingerprint density at radius 1 is 1.28 bits per heavy atom. The molecule has 0 aliphatic rings. The van der Waals surface area contributed by atoms with E-state index in [0.717, 1.165) is 18.5 Å². The number of alkyl halides is 1. The topological polar surface area (TPSA) is 47.0 Å². The van der Waals surface area contributed by atoms with Gasteiger partial charge < -0.3 is 10.1 Å². The van der Waals surface area contributed by atoms with Gasteiger partial charge in [0.1, 0.15) is 0 Å². The number of rotatable bonds is 7. The van der Waals surface area contributed by atoms with Crippen LogP contribution in [0.15, 0.2) is 6.07 Å². The van der Waals surface area contributed by atoms with Crippen LogP contribution in [0.3, 0.4) is 0 Å². The van der Waals surface area contributed by atoms with Crippen molar-refractivity contribution in [2.45, 2.75) is 46.1 Å². The molecule has 0 radical (unpaired) electrons. The SMILES string of the molecule is CCOc1cc(C)nc(NC(CC)(CC)CCl)n1. The highest BCUT2D eigenvalue weighted by molar-refractivity contribution is 6.18. The normalized spacial score (nSPS) is 11.4. The Kier molecular flexibility index (Phi) is 5.66. The first-order valence-corrected chi connectivity index (χ1v) is 6.95. The van der Waals surface area contributed by atoms with Crippen LogP contribution in [-0.2, 0) is 0 Å². The molecule has 18 heavy (non-hydrogen) atoms. The Bertz CT molecular complexity index is 372. The summed E-state index contributed by atoms with van der Waals surface area (Å²) in [6.45, 7) is 8.68. The number of halogens is 1. The third kappa shape index (κ3) is 3.73. The van der Waals surface area contributed by atoms with Gasteiger partial charge in [-0.2, -0.15) is 4.98 Å². The number of aromatic nitrogens is 2. The van der Waals surface area contributed by atoms with Gasteiger partial charge in [0, 0.05) is 17.6 Å². The second-order valence-electron chi connectivity index (χ2n) is 4.35. The van der Waals surface area contributed by atoms with Crippen LogP contribution in [0.1, 0.15) is 39.3 Å². The van der Waals surface area contributed by atoms with Gasteiger partial charge in [-0.05, 0) is 26.7 Å². The largest absolute Gasteiger partial charge is 0.478 e. The molecule has 0 aliphatic carbocycles. The van der Waals surface area contributed by atoms with E-state index >= 15 is 0 Å². The quantitative estimate of drug-likeness (QED) is 0.772. The van der Waals surface area contributed by atoms with E-state index in [-0.39, 0.29) is 5.54 Å². The number of nitrogens with zero attached hydrogens (tertiary/aromatic N) is 2. The van der Waals surface area contributed by atoms with E-state index in [4.69, 9.17) is 16.3 Å². The predicted molar refractivity (Wildman–Crippen MR) is 75.6 cm³/mol. The maximum Gasteiger partial charge on any atom is 0.226 e. The van der Waals surface area contributed by atoms with Gasteiger partial charge in [0.15, 0.2) is 0 Å². The molecule has 0 aromatic carbocycles. The fourth-order valence-electron chi connectivity index (χ4n) is 1.70. The van der Waals surface area contributed by atoms with E-state index in [2.05, 4.69) is 29.1 Å². The van der Waals surface area contributed by atoms with Gasteiger partial charge in [0.05, 0.1) is 12.1 Å². The summed E-state index contributed by atoms with van der Waals surface area (Å²) in [6, 6.07) is 1.83. The lowest BCUT2D eigenvalue weighted by molar-refractivity contribution is 0.326. The summed E-state index contributed by atoms with van der Waals surface area (Å²) in [5.74, 6) is 1.72. The monoisotopic (exact) mass is 271 g/mol. The molecule has 0 saturated heterocycles. The van der Waals surface area contributed by atoms with E-state index in [9.17, 15) is 0 Å². The zero-order valence-electron chi connectivity index (χ0n) is 11.6. The first kappa shape index (κ1) is 15.0. The number of hydrogen-bond donors (Lipinski definition) is 1. The van der Waals surface area contributed by atoms with Crippen molar-refractivity contribution in [3.8, 4) is 5.88 Å². The number of nitrogens with one attached hydrogen (secondary N) is 1. The Hall–Kier alpha value is -1.03. The molecule has 0 saturated carbocycles. The second kappa shape index (κ2) is 6.78. The Morgan fingerprint density at radius 2 is 1.94 bits per heavy atom. The van der Waals surface area contributed by atoms with E-state index in [1.165, 1.54) is 0 Å². The van der Waals surface area contributed by atoms with E-state index in [1.54, 1.807) is 0 Å². The first-order valence-electron chi connectivity index (χ1n) is 6.41.